The van der Waals surface area contributed by atoms with E-state index in [1.807, 2.05) is 25.1 Å². The monoisotopic (exact) mass is 235 g/mol. The molecule has 17 heavy (non-hydrogen) atoms. The van der Waals surface area contributed by atoms with Gasteiger partial charge in [-0.1, -0.05) is 0 Å². The summed E-state index contributed by atoms with van der Waals surface area (Å²) in [5.74, 6) is 1.07. The Morgan fingerprint density at radius 3 is 2.71 bits per heavy atom. The molecule has 1 amide bonds. The van der Waals surface area contributed by atoms with Crippen molar-refractivity contribution >= 4 is 11.7 Å². The van der Waals surface area contributed by atoms with Gasteiger partial charge in [-0.3, -0.25) is 4.79 Å². The van der Waals surface area contributed by atoms with Gasteiger partial charge < -0.3 is 14.9 Å². The molecule has 0 radical (unpaired) electrons. The lowest BCUT2D eigenvalue weighted by atomic mass is 10.0. The standard InChI is InChI=1S/C12H17N3O2/c1-14(2)11-4-3-10(5-13-11)12(17)15-6-9(7-15)8-16/h3-5,9,16H,6-8H2,1-2H3. The maximum atomic E-state index is 12.0. The minimum Gasteiger partial charge on any atom is -0.396 e. The van der Waals surface area contributed by atoms with Crippen LogP contribution in [0.15, 0.2) is 18.3 Å². The largest absolute Gasteiger partial charge is 0.396 e. The van der Waals surface area contributed by atoms with Crippen LogP contribution in [0.25, 0.3) is 0 Å². The predicted octanol–water partition coefficient (Wildman–Crippen LogP) is 0.212. The van der Waals surface area contributed by atoms with E-state index in [-0.39, 0.29) is 18.4 Å². The number of aromatic nitrogens is 1. The van der Waals surface area contributed by atoms with E-state index < -0.39 is 0 Å². The van der Waals surface area contributed by atoms with Gasteiger partial charge in [0.15, 0.2) is 0 Å². The Morgan fingerprint density at radius 2 is 2.24 bits per heavy atom. The van der Waals surface area contributed by atoms with Gasteiger partial charge in [-0.05, 0) is 12.1 Å². The minimum atomic E-state index is -0.00694. The van der Waals surface area contributed by atoms with Crippen molar-refractivity contribution in [3.63, 3.8) is 0 Å². The topological polar surface area (TPSA) is 56.7 Å². The maximum absolute atomic E-state index is 12.0. The number of likely N-dealkylation sites (tertiary alicyclic amines) is 1. The van der Waals surface area contributed by atoms with E-state index in [9.17, 15) is 4.79 Å². The second kappa shape index (κ2) is 4.71. The third-order valence-corrected chi connectivity index (χ3v) is 2.96. The van der Waals surface area contributed by atoms with Gasteiger partial charge in [0.1, 0.15) is 5.82 Å². The summed E-state index contributed by atoms with van der Waals surface area (Å²) >= 11 is 0. The molecule has 1 fully saturated rings. The molecule has 0 unspecified atom stereocenters. The highest BCUT2D eigenvalue weighted by molar-refractivity contribution is 5.94. The molecule has 5 nitrogen and oxygen atoms in total. The maximum Gasteiger partial charge on any atom is 0.255 e. The number of nitrogens with zero attached hydrogens (tertiary/aromatic N) is 3. The molecule has 1 aliphatic rings. The van der Waals surface area contributed by atoms with Crippen LogP contribution in [0.4, 0.5) is 5.82 Å². The lowest BCUT2D eigenvalue weighted by Crippen LogP contribution is -2.51. The van der Waals surface area contributed by atoms with Crippen LogP contribution in [0, 0.1) is 5.92 Å². The number of rotatable bonds is 3. The molecule has 0 aromatic carbocycles. The van der Waals surface area contributed by atoms with Crippen molar-refractivity contribution in [2.45, 2.75) is 0 Å². The molecule has 1 aromatic heterocycles. The van der Waals surface area contributed by atoms with Gasteiger partial charge in [0.05, 0.1) is 5.56 Å². The average Bonchev–Trinajstić information content (AvgIpc) is 2.27. The van der Waals surface area contributed by atoms with Crippen LogP contribution in [0.3, 0.4) is 0 Å². The number of anilines is 1. The number of aliphatic hydroxyl groups excluding tert-OH is 1. The van der Waals surface area contributed by atoms with Crippen LogP contribution in [-0.2, 0) is 0 Å². The lowest BCUT2D eigenvalue weighted by Gasteiger charge is -2.38. The highest BCUT2D eigenvalue weighted by Crippen LogP contribution is 2.18. The first-order valence-corrected chi connectivity index (χ1v) is 5.65. The zero-order valence-corrected chi connectivity index (χ0v) is 10.1. The van der Waals surface area contributed by atoms with E-state index in [0.717, 1.165) is 5.82 Å². The summed E-state index contributed by atoms with van der Waals surface area (Å²) in [6.45, 7) is 1.44. The summed E-state index contributed by atoms with van der Waals surface area (Å²) in [7, 11) is 3.82. The van der Waals surface area contributed by atoms with Crippen molar-refractivity contribution in [1.29, 1.82) is 0 Å². The molecule has 1 aromatic rings. The van der Waals surface area contributed by atoms with Gasteiger partial charge in [-0.2, -0.15) is 0 Å². The highest BCUT2D eigenvalue weighted by Gasteiger charge is 2.30. The molecule has 0 aliphatic carbocycles. The van der Waals surface area contributed by atoms with Gasteiger partial charge in [0.2, 0.25) is 0 Å². The summed E-state index contributed by atoms with van der Waals surface area (Å²) in [5, 5.41) is 8.90. The summed E-state index contributed by atoms with van der Waals surface area (Å²) < 4.78 is 0. The van der Waals surface area contributed by atoms with Gasteiger partial charge in [0.25, 0.3) is 5.91 Å². The van der Waals surface area contributed by atoms with E-state index >= 15 is 0 Å². The average molecular weight is 235 g/mol. The first kappa shape index (κ1) is 11.9. The quantitative estimate of drug-likeness (QED) is 0.814. The third-order valence-electron chi connectivity index (χ3n) is 2.96. The number of carbonyl (C=O) groups is 1. The highest BCUT2D eigenvalue weighted by atomic mass is 16.3. The van der Waals surface area contributed by atoms with Gasteiger partial charge in [0, 0.05) is 45.9 Å². The normalized spacial score (nSPS) is 15.6. The molecule has 2 rings (SSSR count). The Kier molecular flexibility index (Phi) is 3.28. The zero-order valence-electron chi connectivity index (χ0n) is 10.1. The van der Waals surface area contributed by atoms with Crippen molar-refractivity contribution in [3.05, 3.63) is 23.9 Å². The molecule has 2 heterocycles. The number of carbonyl (C=O) groups excluding carboxylic acids is 1. The number of pyridine rings is 1. The predicted molar refractivity (Wildman–Crippen MR) is 65.0 cm³/mol. The Balaban J connectivity index is 2.01. The van der Waals surface area contributed by atoms with Crippen LogP contribution in [0.5, 0.6) is 0 Å². The third kappa shape index (κ3) is 2.39. The van der Waals surface area contributed by atoms with Gasteiger partial charge in [-0.25, -0.2) is 4.98 Å². The SMILES string of the molecule is CN(C)c1ccc(C(=O)N2CC(CO)C2)cn1. The molecule has 1 N–H and O–H groups in total. The lowest BCUT2D eigenvalue weighted by molar-refractivity contribution is 0.0361. The number of amides is 1. The van der Waals surface area contributed by atoms with Crippen molar-refractivity contribution in [3.8, 4) is 0 Å². The van der Waals surface area contributed by atoms with Crippen LogP contribution < -0.4 is 4.90 Å². The van der Waals surface area contributed by atoms with E-state index in [4.69, 9.17) is 5.11 Å². The summed E-state index contributed by atoms with van der Waals surface area (Å²) in [6, 6.07) is 3.62. The van der Waals surface area contributed by atoms with Crippen LogP contribution >= 0.6 is 0 Å². The van der Waals surface area contributed by atoms with Crippen molar-refractivity contribution < 1.29 is 9.90 Å². The second-order valence-corrected chi connectivity index (χ2v) is 4.56. The number of hydrogen-bond acceptors (Lipinski definition) is 4. The smallest absolute Gasteiger partial charge is 0.255 e. The zero-order chi connectivity index (χ0) is 12.4. The minimum absolute atomic E-state index is 0.00694. The summed E-state index contributed by atoms with van der Waals surface area (Å²) in [5.41, 5.74) is 0.604. The second-order valence-electron chi connectivity index (χ2n) is 4.56. The number of hydrogen-bond donors (Lipinski definition) is 1. The molecule has 0 atom stereocenters. The van der Waals surface area contributed by atoms with Crippen LogP contribution in [-0.4, -0.2) is 54.7 Å². The molecule has 5 heteroatoms. The molecular weight excluding hydrogens is 218 g/mol. The first-order valence-electron chi connectivity index (χ1n) is 5.65. The Hall–Kier alpha value is -1.62. The van der Waals surface area contributed by atoms with Gasteiger partial charge >= 0.3 is 0 Å². The van der Waals surface area contributed by atoms with E-state index in [0.29, 0.717) is 18.7 Å². The molecule has 0 spiro atoms. The number of aliphatic hydroxyl groups is 1. The first-order chi connectivity index (χ1) is 8.11. The van der Waals surface area contributed by atoms with Crippen molar-refractivity contribution in [1.82, 2.24) is 9.88 Å². The fraction of sp³-hybridized carbons (Fsp3) is 0.500. The van der Waals surface area contributed by atoms with Crippen LogP contribution in [0.1, 0.15) is 10.4 Å². The Morgan fingerprint density at radius 1 is 1.53 bits per heavy atom. The molecule has 92 valence electrons. The van der Waals surface area contributed by atoms with Crippen LogP contribution in [0.2, 0.25) is 0 Å². The Bertz CT molecular complexity index is 397. The van der Waals surface area contributed by atoms with Crippen molar-refractivity contribution in [2.75, 3.05) is 38.7 Å². The Labute approximate surface area is 101 Å². The fourth-order valence-electron chi connectivity index (χ4n) is 1.81. The molecule has 0 bridgehead atoms. The van der Waals surface area contributed by atoms with Gasteiger partial charge in [-0.15, -0.1) is 0 Å². The van der Waals surface area contributed by atoms with Crippen molar-refractivity contribution in [2.24, 2.45) is 5.92 Å². The van der Waals surface area contributed by atoms with E-state index in [1.54, 1.807) is 17.2 Å². The van der Waals surface area contributed by atoms with E-state index in [1.165, 1.54) is 0 Å². The fourth-order valence-corrected chi connectivity index (χ4v) is 1.81. The van der Waals surface area contributed by atoms with E-state index in [2.05, 4.69) is 4.98 Å². The molecule has 1 aliphatic heterocycles. The summed E-state index contributed by atoms with van der Waals surface area (Å²) in [6.07, 6.45) is 1.60. The molecule has 0 saturated carbocycles. The molecule has 1 saturated heterocycles. The summed E-state index contributed by atoms with van der Waals surface area (Å²) in [4.78, 5) is 19.8. The molecular formula is C12H17N3O2.